The van der Waals surface area contributed by atoms with Crippen LogP contribution in [0.5, 0.6) is 5.75 Å². The van der Waals surface area contributed by atoms with Crippen molar-refractivity contribution in [2.75, 3.05) is 6.61 Å². The molecule has 0 spiro atoms. The van der Waals surface area contributed by atoms with Crippen molar-refractivity contribution in [1.82, 2.24) is 10.2 Å². The molecule has 2 amide bonds. The Morgan fingerprint density at radius 3 is 2.43 bits per heavy atom. The van der Waals surface area contributed by atoms with Crippen LogP contribution in [0.15, 0.2) is 54.6 Å². The molecule has 2 rings (SSSR count). The van der Waals surface area contributed by atoms with Gasteiger partial charge in [0, 0.05) is 19.0 Å². The normalized spacial score (nSPS) is 11.8. The van der Waals surface area contributed by atoms with E-state index in [9.17, 15) is 9.59 Å². The van der Waals surface area contributed by atoms with Gasteiger partial charge < -0.3 is 15.0 Å². The quantitative estimate of drug-likeness (QED) is 0.556. The van der Waals surface area contributed by atoms with Crippen molar-refractivity contribution in [3.05, 3.63) is 65.7 Å². The average molecular weight is 411 g/mol. The summed E-state index contributed by atoms with van der Waals surface area (Å²) in [5.74, 6) is 0.664. The van der Waals surface area contributed by atoms with Crippen LogP contribution in [0.3, 0.4) is 0 Å². The van der Waals surface area contributed by atoms with Crippen molar-refractivity contribution in [2.24, 2.45) is 0 Å². The summed E-state index contributed by atoms with van der Waals surface area (Å²) in [6.45, 7) is 8.71. The molecule has 5 heteroatoms. The molecule has 0 aliphatic rings. The Kier molecular flexibility index (Phi) is 9.39. The molecule has 0 fully saturated rings. The zero-order valence-corrected chi connectivity index (χ0v) is 18.6. The van der Waals surface area contributed by atoms with Gasteiger partial charge in [-0.05, 0) is 51.3 Å². The first-order chi connectivity index (χ1) is 14.4. The van der Waals surface area contributed by atoms with Crippen molar-refractivity contribution >= 4 is 11.8 Å². The summed E-state index contributed by atoms with van der Waals surface area (Å²) in [6, 6.07) is 17.2. The third-order valence-electron chi connectivity index (χ3n) is 4.80. The summed E-state index contributed by atoms with van der Waals surface area (Å²) >= 11 is 0. The number of nitrogens with zero attached hydrogens (tertiary/aromatic N) is 1. The van der Waals surface area contributed by atoms with E-state index in [0.29, 0.717) is 32.4 Å². The Balaban J connectivity index is 2.06. The van der Waals surface area contributed by atoms with Crippen LogP contribution < -0.4 is 10.1 Å². The highest BCUT2D eigenvalue weighted by atomic mass is 16.5. The van der Waals surface area contributed by atoms with Crippen LogP contribution in [-0.2, 0) is 16.1 Å². The first-order valence-corrected chi connectivity index (χ1v) is 10.7. The van der Waals surface area contributed by atoms with Gasteiger partial charge in [-0.2, -0.15) is 0 Å². The van der Waals surface area contributed by atoms with Gasteiger partial charge in [-0.25, -0.2) is 0 Å². The number of hydrogen-bond donors (Lipinski definition) is 1. The van der Waals surface area contributed by atoms with Gasteiger partial charge in [0.1, 0.15) is 11.8 Å². The van der Waals surface area contributed by atoms with Crippen LogP contribution in [0.2, 0.25) is 0 Å². The van der Waals surface area contributed by atoms with Crippen LogP contribution >= 0.6 is 0 Å². The largest absolute Gasteiger partial charge is 0.494 e. The number of hydrogen-bond acceptors (Lipinski definition) is 3. The second-order valence-electron chi connectivity index (χ2n) is 7.86. The van der Waals surface area contributed by atoms with E-state index in [1.165, 1.54) is 0 Å². The minimum absolute atomic E-state index is 0.0288. The van der Waals surface area contributed by atoms with Crippen LogP contribution in [0.25, 0.3) is 0 Å². The Morgan fingerprint density at radius 2 is 1.80 bits per heavy atom. The fourth-order valence-corrected chi connectivity index (χ4v) is 3.38. The molecule has 0 heterocycles. The maximum Gasteiger partial charge on any atom is 0.243 e. The molecule has 2 aromatic rings. The molecular weight excluding hydrogens is 376 g/mol. The van der Waals surface area contributed by atoms with Gasteiger partial charge in [0.2, 0.25) is 11.8 Å². The topological polar surface area (TPSA) is 58.6 Å². The Bertz CT molecular complexity index is 805. The van der Waals surface area contributed by atoms with Crippen molar-refractivity contribution in [2.45, 2.75) is 65.6 Å². The molecular formula is C25H34N2O3. The van der Waals surface area contributed by atoms with Crippen LogP contribution in [0.4, 0.5) is 0 Å². The second-order valence-corrected chi connectivity index (χ2v) is 7.86. The van der Waals surface area contributed by atoms with Crippen molar-refractivity contribution < 1.29 is 14.3 Å². The second kappa shape index (κ2) is 12.0. The number of benzene rings is 2. The Labute approximate surface area is 180 Å². The van der Waals surface area contributed by atoms with Crippen LogP contribution in [-0.4, -0.2) is 35.4 Å². The van der Waals surface area contributed by atoms with E-state index >= 15 is 0 Å². The van der Waals surface area contributed by atoms with Crippen LogP contribution in [0.1, 0.15) is 51.2 Å². The number of aryl methyl sites for hydroxylation is 1. The van der Waals surface area contributed by atoms with Gasteiger partial charge in [-0.3, -0.25) is 9.59 Å². The number of rotatable bonds is 11. The third kappa shape index (κ3) is 7.54. The first-order valence-electron chi connectivity index (χ1n) is 10.7. The summed E-state index contributed by atoms with van der Waals surface area (Å²) in [4.78, 5) is 27.6. The molecule has 1 atom stereocenters. The first kappa shape index (κ1) is 23.5. The molecule has 0 aliphatic heterocycles. The van der Waals surface area contributed by atoms with E-state index in [1.54, 1.807) is 4.90 Å². The lowest BCUT2D eigenvalue weighted by Gasteiger charge is -2.31. The zero-order chi connectivity index (χ0) is 21.9. The SMILES string of the molecule is CC[C@@H](C(=O)NC(C)C)N(Cc1cccc(C)c1)C(=O)CCCOc1ccccc1. The van der Waals surface area contributed by atoms with Gasteiger partial charge in [-0.1, -0.05) is 55.0 Å². The monoisotopic (exact) mass is 410 g/mol. The predicted octanol–water partition coefficient (Wildman–Crippen LogP) is 4.49. The fraction of sp³-hybridized carbons (Fsp3) is 0.440. The van der Waals surface area contributed by atoms with Crippen molar-refractivity contribution in [3.8, 4) is 5.75 Å². The fourth-order valence-electron chi connectivity index (χ4n) is 3.38. The van der Waals surface area contributed by atoms with E-state index in [2.05, 4.69) is 11.4 Å². The zero-order valence-electron chi connectivity index (χ0n) is 18.6. The molecule has 30 heavy (non-hydrogen) atoms. The van der Waals surface area contributed by atoms with E-state index < -0.39 is 6.04 Å². The van der Waals surface area contributed by atoms with E-state index in [0.717, 1.165) is 16.9 Å². The number of carbonyl (C=O) groups excluding carboxylic acids is 2. The van der Waals surface area contributed by atoms with Gasteiger partial charge in [0.15, 0.2) is 0 Å². The number of carbonyl (C=O) groups is 2. The summed E-state index contributed by atoms with van der Waals surface area (Å²) in [6.07, 6.45) is 1.50. The van der Waals surface area contributed by atoms with Gasteiger partial charge in [-0.15, -0.1) is 0 Å². The van der Waals surface area contributed by atoms with E-state index in [1.807, 2.05) is 76.2 Å². The average Bonchev–Trinajstić information content (AvgIpc) is 2.71. The molecule has 0 radical (unpaired) electrons. The van der Waals surface area contributed by atoms with Gasteiger partial charge in [0.05, 0.1) is 6.61 Å². The highest BCUT2D eigenvalue weighted by Crippen LogP contribution is 2.16. The van der Waals surface area contributed by atoms with Crippen molar-refractivity contribution in [3.63, 3.8) is 0 Å². The minimum Gasteiger partial charge on any atom is -0.494 e. The summed E-state index contributed by atoms with van der Waals surface area (Å²) in [5, 5.41) is 2.96. The smallest absolute Gasteiger partial charge is 0.243 e. The summed E-state index contributed by atoms with van der Waals surface area (Å²) < 4.78 is 5.71. The molecule has 0 aliphatic carbocycles. The lowest BCUT2D eigenvalue weighted by molar-refractivity contribution is -0.141. The number of para-hydroxylation sites is 1. The van der Waals surface area contributed by atoms with Gasteiger partial charge >= 0.3 is 0 Å². The number of amides is 2. The van der Waals surface area contributed by atoms with E-state index in [-0.39, 0.29) is 17.9 Å². The lowest BCUT2D eigenvalue weighted by Crippen LogP contribution is -2.50. The highest BCUT2D eigenvalue weighted by molar-refractivity contribution is 5.87. The number of ether oxygens (including phenoxy) is 1. The molecule has 0 saturated carbocycles. The molecule has 5 nitrogen and oxygen atoms in total. The summed E-state index contributed by atoms with van der Waals surface area (Å²) in [5.41, 5.74) is 2.16. The molecule has 0 aromatic heterocycles. The molecule has 2 aromatic carbocycles. The molecule has 1 N–H and O–H groups in total. The van der Waals surface area contributed by atoms with Crippen LogP contribution in [0, 0.1) is 6.92 Å². The standard InChI is InChI=1S/C25H34N2O3/c1-5-23(25(29)26-19(2)3)27(18-21-12-9-11-20(4)17-21)24(28)15-10-16-30-22-13-7-6-8-14-22/h6-9,11-14,17,19,23H,5,10,15-16,18H2,1-4H3,(H,26,29)/t23-/m0/s1. The minimum atomic E-state index is -0.490. The molecule has 162 valence electrons. The van der Waals surface area contributed by atoms with E-state index in [4.69, 9.17) is 4.74 Å². The summed E-state index contributed by atoms with van der Waals surface area (Å²) in [7, 11) is 0. The maximum absolute atomic E-state index is 13.1. The predicted molar refractivity (Wildman–Crippen MR) is 120 cm³/mol. The highest BCUT2D eigenvalue weighted by Gasteiger charge is 2.28. The maximum atomic E-state index is 13.1. The molecule has 0 bridgehead atoms. The van der Waals surface area contributed by atoms with Gasteiger partial charge in [0.25, 0.3) is 0 Å². The molecule has 0 unspecified atom stereocenters. The molecule has 0 saturated heterocycles. The Hall–Kier alpha value is -2.82. The van der Waals surface area contributed by atoms with Crippen molar-refractivity contribution in [1.29, 1.82) is 0 Å². The lowest BCUT2D eigenvalue weighted by atomic mass is 10.1. The Morgan fingerprint density at radius 1 is 1.07 bits per heavy atom. The third-order valence-corrected chi connectivity index (χ3v) is 4.80. The number of nitrogens with one attached hydrogen (secondary N) is 1.